The van der Waals surface area contributed by atoms with Gasteiger partial charge >= 0.3 is 0 Å². The van der Waals surface area contributed by atoms with Gasteiger partial charge in [-0.1, -0.05) is 206 Å². The molecule has 62 heavy (non-hydrogen) atoms. The van der Waals surface area contributed by atoms with Crippen molar-refractivity contribution in [1.29, 1.82) is 0 Å². The second-order valence-electron chi connectivity index (χ2n) is 15.9. The van der Waals surface area contributed by atoms with E-state index < -0.39 is 5.41 Å². The average Bonchev–Trinajstić information content (AvgIpc) is 3.65. The van der Waals surface area contributed by atoms with Gasteiger partial charge in [0.2, 0.25) is 0 Å². The Morgan fingerprint density at radius 1 is 0.258 bits per heavy atom. The molecule has 2 aliphatic rings. The van der Waals surface area contributed by atoms with Crippen LogP contribution in [0.25, 0.3) is 78.7 Å². The summed E-state index contributed by atoms with van der Waals surface area (Å²) in [5.74, 6) is 3.61. The van der Waals surface area contributed by atoms with Crippen LogP contribution in [-0.4, -0.2) is 15.0 Å². The van der Waals surface area contributed by atoms with Crippen LogP contribution in [0.3, 0.4) is 0 Å². The highest BCUT2D eigenvalue weighted by atomic mass is 16.5. The van der Waals surface area contributed by atoms with Crippen molar-refractivity contribution in [2.24, 2.45) is 0 Å². The molecule has 0 bridgehead atoms. The van der Waals surface area contributed by atoms with E-state index in [1.165, 1.54) is 33.4 Å². The molecule has 12 rings (SSSR count). The van der Waals surface area contributed by atoms with Gasteiger partial charge in [-0.15, -0.1) is 0 Å². The zero-order chi connectivity index (χ0) is 41.0. The van der Waals surface area contributed by atoms with E-state index >= 15 is 0 Å². The fourth-order valence-corrected chi connectivity index (χ4v) is 9.53. The molecule has 4 heteroatoms. The Bertz CT molecular complexity index is 3260. The van der Waals surface area contributed by atoms with E-state index in [1.54, 1.807) is 0 Å². The van der Waals surface area contributed by atoms with Gasteiger partial charge in [-0.05, 0) is 73.8 Å². The molecule has 10 aromatic rings. The molecule has 0 N–H and O–H groups in total. The van der Waals surface area contributed by atoms with Gasteiger partial charge in [0, 0.05) is 27.8 Å². The van der Waals surface area contributed by atoms with Crippen LogP contribution in [0.4, 0.5) is 0 Å². The van der Waals surface area contributed by atoms with Crippen molar-refractivity contribution in [3.8, 4) is 90.2 Å². The fourth-order valence-electron chi connectivity index (χ4n) is 9.53. The van der Waals surface area contributed by atoms with Gasteiger partial charge in [-0.3, -0.25) is 0 Å². The Hall–Kier alpha value is -8.21. The number of ether oxygens (including phenoxy) is 1. The third-order valence-electron chi connectivity index (χ3n) is 12.4. The summed E-state index contributed by atoms with van der Waals surface area (Å²) in [6.45, 7) is 0. The van der Waals surface area contributed by atoms with Crippen molar-refractivity contribution < 1.29 is 4.74 Å². The molecule has 4 nitrogen and oxygen atoms in total. The summed E-state index contributed by atoms with van der Waals surface area (Å²) in [7, 11) is 0. The lowest BCUT2D eigenvalue weighted by atomic mass is 9.66. The molecule has 1 aromatic heterocycles. The van der Waals surface area contributed by atoms with Crippen molar-refractivity contribution in [3.05, 3.63) is 247 Å². The molecule has 0 saturated heterocycles. The maximum absolute atomic E-state index is 6.79. The minimum Gasteiger partial charge on any atom is -0.457 e. The number of nitrogens with zero attached hydrogens (tertiary/aromatic N) is 3. The molecule has 0 saturated carbocycles. The molecule has 290 valence electrons. The molecule has 1 aliphatic carbocycles. The van der Waals surface area contributed by atoms with Crippen molar-refractivity contribution in [3.63, 3.8) is 0 Å². The lowest BCUT2D eigenvalue weighted by molar-refractivity contribution is 0.436. The summed E-state index contributed by atoms with van der Waals surface area (Å²) in [5, 5.41) is 0. The molecule has 1 spiro atoms. The topological polar surface area (TPSA) is 47.9 Å². The Kier molecular flexibility index (Phi) is 8.36. The molecular weight excluding hydrogens is 755 g/mol. The minimum atomic E-state index is -0.487. The minimum absolute atomic E-state index is 0.487. The standard InChI is InChI=1S/C58H37N3O/c1-3-14-38(15-4-1)39-26-28-40(29-27-39)44-18-13-19-46(36-44)57-60-55(42-16-5-2-6-17-42)59-56(61-57)43-32-30-41(31-33-43)45-34-35-52-54(37-45)62-53-25-12-11-24-51(53)58(52)49-22-9-7-20-47(49)48-21-8-10-23-50(48)58/h1-37H. The molecule has 0 fully saturated rings. The first kappa shape index (κ1) is 35.7. The van der Waals surface area contributed by atoms with E-state index in [9.17, 15) is 0 Å². The maximum atomic E-state index is 6.79. The van der Waals surface area contributed by atoms with Gasteiger partial charge in [0.25, 0.3) is 0 Å². The van der Waals surface area contributed by atoms with Gasteiger partial charge in [-0.25, -0.2) is 15.0 Å². The zero-order valence-corrected chi connectivity index (χ0v) is 33.6. The Morgan fingerprint density at radius 2 is 0.645 bits per heavy atom. The van der Waals surface area contributed by atoms with Crippen LogP contribution in [0, 0.1) is 0 Å². The summed E-state index contributed by atoms with van der Waals surface area (Å²) in [6, 6.07) is 79.1. The first-order valence-electron chi connectivity index (χ1n) is 21.0. The van der Waals surface area contributed by atoms with Gasteiger partial charge in [0.05, 0.1) is 5.41 Å². The molecule has 1 aliphatic heterocycles. The molecular formula is C58H37N3O. The SMILES string of the molecule is c1ccc(-c2ccc(-c3cccc(-c4nc(-c5ccccc5)nc(-c5ccc(-c6ccc7c(c6)Oc6ccccc6C76c7ccccc7-c7ccccc76)cc5)n4)c3)cc2)cc1. The predicted molar refractivity (Wildman–Crippen MR) is 250 cm³/mol. The van der Waals surface area contributed by atoms with Crippen molar-refractivity contribution in [2.75, 3.05) is 0 Å². The number of aromatic nitrogens is 3. The Morgan fingerprint density at radius 3 is 1.27 bits per heavy atom. The summed E-state index contributed by atoms with van der Waals surface area (Å²) in [4.78, 5) is 15.2. The number of fused-ring (bicyclic) bond motifs is 9. The quantitative estimate of drug-likeness (QED) is 0.168. The normalized spacial score (nSPS) is 12.8. The average molecular weight is 792 g/mol. The zero-order valence-electron chi connectivity index (χ0n) is 33.6. The van der Waals surface area contributed by atoms with E-state index in [-0.39, 0.29) is 0 Å². The molecule has 0 radical (unpaired) electrons. The van der Waals surface area contributed by atoms with Gasteiger partial charge in [-0.2, -0.15) is 0 Å². The first-order chi connectivity index (χ1) is 30.7. The predicted octanol–water partition coefficient (Wildman–Crippen LogP) is 14.3. The fraction of sp³-hybridized carbons (Fsp3) is 0.0172. The largest absolute Gasteiger partial charge is 0.457 e. The van der Waals surface area contributed by atoms with Crippen molar-refractivity contribution >= 4 is 0 Å². The highest BCUT2D eigenvalue weighted by molar-refractivity contribution is 5.89. The van der Waals surface area contributed by atoms with Gasteiger partial charge in [0.15, 0.2) is 17.5 Å². The van der Waals surface area contributed by atoms with Crippen LogP contribution in [0.15, 0.2) is 224 Å². The Labute approximate surface area is 360 Å². The van der Waals surface area contributed by atoms with Crippen LogP contribution >= 0.6 is 0 Å². The lowest BCUT2D eigenvalue weighted by Gasteiger charge is -2.39. The van der Waals surface area contributed by atoms with Crippen LogP contribution in [0.2, 0.25) is 0 Å². The third-order valence-corrected chi connectivity index (χ3v) is 12.4. The van der Waals surface area contributed by atoms with Crippen molar-refractivity contribution in [2.45, 2.75) is 5.41 Å². The highest BCUT2D eigenvalue weighted by Gasteiger charge is 2.50. The maximum Gasteiger partial charge on any atom is 0.164 e. The van der Waals surface area contributed by atoms with Crippen LogP contribution < -0.4 is 4.74 Å². The summed E-state index contributed by atoms with van der Waals surface area (Å²) in [6.07, 6.45) is 0. The van der Waals surface area contributed by atoms with Crippen LogP contribution in [0.1, 0.15) is 22.3 Å². The smallest absolute Gasteiger partial charge is 0.164 e. The molecule has 0 atom stereocenters. The van der Waals surface area contributed by atoms with E-state index in [0.29, 0.717) is 17.5 Å². The van der Waals surface area contributed by atoms with E-state index in [4.69, 9.17) is 19.7 Å². The first-order valence-corrected chi connectivity index (χ1v) is 21.0. The second-order valence-corrected chi connectivity index (χ2v) is 15.9. The summed E-state index contributed by atoms with van der Waals surface area (Å²) in [5.41, 5.74) is 16.4. The lowest BCUT2D eigenvalue weighted by Crippen LogP contribution is -2.32. The Balaban J connectivity index is 0.911. The van der Waals surface area contributed by atoms with Crippen LogP contribution in [-0.2, 0) is 5.41 Å². The van der Waals surface area contributed by atoms with Crippen molar-refractivity contribution in [1.82, 2.24) is 15.0 Å². The van der Waals surface area contributed by atoms with Crippen LogP contribution in [0.5, 0.6) is 11.5 Å². The number of hydrogen-bond donors (Lipinski definition) is 0. The van der Waals surface area contributed by atoms with E-state index in [1.807, 2.05) is 36.4 Å². The van der Waals surface area contributed by atoms with E-state index in [2.05, 4.69) is 188 Å². The molecule has 0 amide bonds. The molecule has 2 heterocycles. The number of para-hydroxylation sites is 1. The third kappa shape index (κ3) is 5.80. The number of hydrogen-bond acceptors (Lipinski definition) is 4. The van der Waals surface area contributed by atoms with E-state index in [0.717, 1.165) is 61.6 Å². The summed E-state index contributed by atoms with van der Waals surface area (Å²) < 4.78 is 6.79. The number of benzene rings is 9. The second kappa shape index (κ2) is 14.5. The molecule has 9 aromatic carbocycles. The number of rotatable bonds is 6. The summed E-state index contributed by atoms with van der Waals surface area (Å²) >= 11 is 0. The monoisotopic (exact) mass is 791 g/mol. The van der Waals surface area contributed by atoms with Gasteiger partial charge in [0.1, 0.15) is 11.5 Å². The van der Waals surface area contributed by atoms with Gasteiger partial charge < -0.3 is 4.74 Å². The molecule has 0 unspecified atom stereocenters. The highest BCUT2D eigenvalue weighted by Crippen LogP contribution is 2.62.